The molecule has 0 unspecified atom stereocenters. The molecule has 31 heavy (non-hydrogen) atoms. The summed E-state index contributed by atoms with van der Waals surface area (Å²) in [6.07, 6.45) is -4.84. The topological polar surface area (TPSA) is 93.0 Å². The standard InChI is InChI=1S/C18H17ClF3N3O5S/c1-30-12-2-4-13(5-3-12)31(28,29)24-8-6-23(7-9-24)16-11-15(19)14(18(20,21)22)10-17(16)25(26)27/h2-5,10-11H,6-9H2,1H3. The van der Waals surface area contributed by atoms with Crippen LogP contribution in [0.3, 0.4) is 0 Å². The lowest BCUT2D eigenvalue weighted by Gasteiger charge is -2.35. The van der Waals surface area contributed by atoms with E-state index < -0.39 is 37.4 Å². The van der Waals surface area contributed by atoms with Crippen LogP contribution in [0.4, 0.5) is 24.5 Å². The highest BCUT2D eigenvalue weighted by atomic mass is 35.5. The number of nitro benzene ring substituents is 1. The molecular formula is C18H17ClF3N3O5S. The van der Waals surface area contributed by atoms with Gasteiger partial charge in [0.05, 0.1) is 27.5 Å². The highest BCUT2D eigenvalue weighted by Crippen LogP contribution is 2.41. The summed E-state index contributed by atoms with van der Waals surface area (Å²) >= 11 is 5.73. The summed E-state index contributed by atoms with van der Waals surface area (Å²) in [6, 6.07) is 7.13. The van der Waals surface area contributed by atoms with Gasteiger partial charge in [0.2, 0.25) is 10.0 Å². The van der Waals surface area contributed by atoms with Crippen molar-refractivity contribution < 1.29 is 31.2 Å². The van der Waals surface area contributed by atoms with E-state index >= 15 is 0 Å². The zero-order chi connectivity index (χ0) is 23.0. The third kappa shape index (κ3) is 4.70. The molecule has 8 nitrogen and oxygen atoms in total. The number of alkyl halides is 3. The molecule has 0 amide bonds. The summed E-state index contributed by atoms with van der Waals surface area (Å²) in [4.78, 5) is 12.0. The second-order valence-electron chi connectivity index (χ2n) is 6.64. The van der Waals surface area contributed by atoms with Crippen molar-refractivity contribution in [1.29, 1.82) is 0 Å². The van der Waals surface area contributed by atoms with E-state index in [1.165, 1.54) is 40.6 Å². The quantitative estimate of drug-likeness (QED) is 0.478. The number of nitrogens with zero attached hydrogens (tertiary/aromatic N) is 3. The van der Waals surface area contributed by atoms with Crippen LogP contribution in [-0.4, -0.2) is 50.9 Å². The number of ether oxygens (including phenoxy) is 1. The third-order valence-electron chi connectivity index (χ3n) is 4.84. The molecule has 2 aromatic carbocycles. The number of hydrogen-bond acceptors (Lipinski definition) is 6. The number of rotatable bonds is 5. The van der Waals surface area contributed by atoms with Gasteiger partial charge >= 0.3 is 6.18 Å². The van der Waals surface area contributed by atoms with Gasteiger partial charge in [-0.3, -0.25) is 10.1 Å². The molecule has 1 heterocycles. The van der Waals surface area contributed by atoms with Gasteiger partial charge in [-0.05, 0) is 30.3 Å². The summed E-state index contributed by atoms with van der Waals surface area (Å²) < 4.78 is 71.0. The van der Waals surface area contributed by atoms with Crippen molar-refractivity contribution in [3.05, 3.63) is 57.1 Å². The second-order valence-corrected chi connectivity index (χ2v) is 8.99. The van der Waals surface area contributed by atoms with Gasteiger partial charge in [-0.2, -0.15) is 17.5 Å². The van der Waals surface area contributed by atoms with E-state index in [1.54, 1.807) is 0 Å². The van der Waals surface area contributed by atoms with Crippen LogP contribution >= 0.6 is 11.6 Å². The Morgan fingerprint density at radius 3 is 2.16 bits per heavy atom. The van der Waals surface area contributed by atoms with Crippen LogP contribution in [0.1, 0.15) is 5.56 Å². The lowest BCUT2D eigenvalue weighted by atomic mass is 10.1. The lowest BCUT2D eigenvalue weighted by molar-refractivity contribution is -0.384. The van der Waals surface area contributed by atoms with E-state index in [-0.39, 0.29) is 36.8 Å². The minimum Gasteiger partial charge on any atom is -0.497 e. The largest absolute Gasteiger partial charge is 0.497 e. The molecule has 3 rings (SSSR count). The number of hydrogen-bond donors (Lipinski definition) is 0. The molecule has 0 spiro atoms. The first-order valence-electron chi connectivity index (χ1n) is 8.89. The molecule has 168 valence electrons. The molecule has 0 aromatic heterocycles. The maximum Gasteiger partial charge on any atom is 0.418 e. The fourth-order valence-electron chi connectivity index (χ4n) is 3.23. The van der Waals surface area contributed by atoms with E-state index in [1.807, 2.05) is 0 Å². The smallest absolute Gasteiger partial charge is 0.418 e. The molecule has 0 aliphatic carbocycles. The van der Waals surface area contributed by atoms with E-state index in [0.29, 0.717) is 11.8 Å². The number of benzene rings is 2. The van der Waals surface area contributed by atoms with Gasteiger partial charge in [-0.1, -0.05) is 11.6 Å². The number of methoxy groups -OCH3 is 1. The Morgan fingerprint density at radius 1 is 1.10 bits per heavy atom. The zero-order valence-corrected chi connectivity index (χ0v) is 17.7. The second kappa shape index (κ2) is 8.52. The van der Waals surface area contributed by atoms with E-state index in [0.717, 1.165) is 6.07 Å². The molecule has 0 N–H and O–H groups in total. The van der Waals surface area contributed by atoms with Crippen LogP contribution in [0.25, 0.3) is 0 Å². The summed E-state index contributed by atoms with van der Waals surface area (Å²) in [5, 5.41) is 10.7. The van der Waals surface area contributed by atoms with Crippen LogP contribution < -0.4 is 9.64 Å². The van der Waals surface area contributed by atoms with E-state index in [4.69, 9.17) is 16.3 Å². The molecule has 0 saturated carbocycles. The first-order chi connectivity index (χ1) is 14.4. The fraction of sp³-hybridized carbons (Fsp3) is 0.333. The van der Waals surface area contributed by atoms with Gasteiger partial charge < -0.3 is 9.64 Å². The third-order valence-corrected chi connectivity index (χ3v) is 7.07. The molecule has 2 aromatic rings. The van der Waals surface area contributed by atoms with Crippen LogP contribution in [-0.2, 0) is 16.2 Å². The predicted molar refractivity (Wildman–Crippen MR) is 107 cm³/mol. The van der Waals surface area contributed by atoms with Gasteiger partial charge in [-0.15, -0.1) is 0 Å². The highest BCUT2D eigenvalue weighted by Gasteiger charge is 2.38. The van der Waals surface area contributed by atoms with Crippen molar-refractivity contribution in [2.45, 2.75) is 11.1 Å². The molecule has 13 heteroatoms. The Kier molecular flexibility index (Phi) is 6.35. The summed E-state index contributed by atoms with van der Waals surface area (Å²) in [5.41, 5.74) is -2.14. The Labute approximate surface area is 181 Å². The Balaban J connectivity index is 1.83. The maximum absolute atomic E-state index is 13.1. The monoisotopic (exact) mass is 479 g/mol. The summed E-state index contributed by atoms with van der Waals surface area (Å²) in [7, 11) is -2.36. The number of sulfonamides is 1. The number of piperazine rings is 1. The van der Waals surface area contributed by atoms with E-state index in [9.17, 15) is 31.7 Å². The SMILES string of the molecule is COc1ccc(S(=O)(=O)N2CCN(c3cc(Cl)c(C(F)(F)F)cc3[N+](=O)[O-])CC2)cc1. The lowest BCUT2D eigenvalue weighted by Crippen LogP contribution is -2.48. The van der Waals surface area contributed by atoms with Crippen molar-refractivity contribution in [3.8, 4) is 5.75 Å². The summed E-state index contributed by atoms with van der Waals surface area (Å²) in [6.45, 7) is 0.0597. The Hall–Kier alpha value is -2.57. The molecule has 0 radical (unpaired) electrons. The molecule has 1 fully saturated rings. The maximum atomic E-state index is 13.1. The molecule has 0 bridgehead atoms. The molecule has 0 atom stereocenters. The van der Waals surface area contributed by atoms with Crippen molar-refractivity contribution in [2.75, 3.05) is 38.2 Å². The molecule has 1 aliphatic heterocycles. The predicted octanol–water partition coefficient (Wildman–Crippen LogP) is 3.79. The zero-order valence-electron chi connectivity index (χ0n) is 16.1. The van der Waals surface area contributed by atoms with Gasteiger partial charge in [0.15, 0.2) is 0 Å². The average Bonchev–Trinajstić information content (AvgIpc) is 2.72. The van der Waals surface area contributed by atoms with E-state index in [2.05, 4.69) is 0 Å². The highest BCUT2D eigenvalue weighted by molar-refractivity contribution is 7.89. The molecule has 1 saturated heterocycles. The normalized spacial score (nSPS) is 15.7. The van der Waals surface area contributed by atoms with Gasteiger partial charge in [0.25, 0.3) is 5.69 Å². The average molecular weight is 480 g/mol. The molecule has 1 aliphatic rings. The first kappa shape index (κ1) is 23.1. The fourth-order valence-corrected chi connectivity index (χ4v) is 4.92. The number of anilines is 1. The van der Waals surface area contributed by atoms with Crippen LogP contribution in [0.15, 0.2) is 41.3 Å². The van der Waals surface area contributed by atoms with Crippen molar-refractivity contribution in [2.24, 2.45) is 0 Å². The van der Waals surface area contributed by atoms with Gasteiger partial charge in [0, 0.05) is 32.2 Å². The van der Waals surface area contributed by atoms with Gasteiger partial charge in [-0.25, -0.2) is 8.42 Å². The Bertz CT molecular complexity index is 1090. The van der Waals surface area contributed by atoms with Crippen molar-refractivity contribution in [1.82, 2.24) is 4.31 Å². The van der Waals surface area contributed by atoms with Crippen molar-refractivity contribution in [3.63, 3.8) is 0 Å². The van der Waals surface area contributed by atoms with Crippen LogP contribution in [0.2, 0.25) is 5.02 Å². The van der Waals surface area contributed by atoms with Crippen LogP contribution in [0.5, 0.6) is 5.75 Å². The first-order valence-corrected chi connectivity index (χ1v) is 10.7. The molecular weight excluding hydrogens is 463 g/mol. The minimum atomic E-state index is -4.84. The Morgan fingerprint density at radius 2 is 1.68 bits per heavy atom. The minimum absolute atomic E-state index is 0.00976. The van der Waals surface area contributed by atoms with Crippen molar-refractivity contribution >= 4 is 33.0 Å². The van der Waals surface area contributed by atoms with Gasteiger partial charge in [0.1, 0.15) is 11.4 Å². The number of nitro groups is 1. The van der Waals surface area contributed by atoms with Crippen LogP contribution in [0, 0.1) is 10.1 Å². The number of halogens is 4. The summed E-state index contributed by atoms with van der Waals surface area (Å²) in [5.74, 6) is 0.496.